The van der Waals surface area contributed by atoms with Crippen molar-refractivity contribution in [2.24, 2.45) is 11.8 Å². The fraction of sp³-hybridized carbons (Fsp3) is 0.476. The van der Waals surface area contributed by atoms with Gasteiger partial charge in [-0.15, -0.1) is 0 Å². The maximum absolute atomic E-state index is 12.8. The van der Waals surface area contributed by atoms with Crippen LogP contribution in [0.15, 0.2) is 47.2 Å². The summed E-state index contributed by atoms with van der Waals surface area (Å²) >= 11 is 0. The molecule has 2 aliphatic heterocycles. The Bertz CT molecular complexity index is 877. The van der Waals surface area contributed by atoms with E-state index in [1.807, 2.05) is 36.5 Å². The van der Waals surface area contributed by atoms with E-state index in [9.17, 15) is 18.0 Å². The number of hydrogen-bond donors (Lipinski definition) is 2. The lowest BCUT2D eigenvalue weighted by Crippen LogP contribution is -2.52. The number of carbonyl (C=O) groups is 2. The molecule has 4 heterocycles. The Kier molecular flexibility index (Phi) is 7.86. The van der Waals surface area contributed by atoms with E-state index in [1.54, 1.807) is 6.26 Å². The maximum Gasteiger partial charge on any atom is 0.490 e. The van der Waals surface area contributed by atoms with Crippen LogP contribution in [0.3, 0.4) is 0 Å². The van der Waals surface area contributed by atoms with Gasteiger partial charge >= 0.3 is 12.1 Å². The number of amides is 1. The summed E-state index contributed by atoms with van der Waals surface area (Å²) in [5, 5.41) is 10.1. The molecule has 3 atom stereocenters. The molecule has 2 aliphatic rings. The van der Waals surface area contributed by atoms with Crippen molar-refractivity contribution in [3.63, 3.8) is 0 Å². The zero-order valence-electron chi connectivity index (χ0n) is 17.1. The van der Waals surface area contributed by atoms with Gasteiger partial charge in [0.1, 0.15) is 5.76 Å². The number of pyridine rings is 1. The van der Waals surface area contributed by atoms with Crippen molar-refractivity contribution in [3.8, 4) is 0 Å². The Morgan fingerprint density at radius 3 is 2.62 bits per heavy atom. The second kappa shape index (κ2) is 10.6. The topological polar surface area (TPSA) is 105 Å². The van der Waals surface area contributed by atoms with Crippen LogP contribution in [0.25, 0.3) is 0 Å². The summed E-state index contributed by atoms with van der Waals surface area (Å²) < 4.78 is 42.9. The van der Waals surface area contributed by atoms with Crippen LogP contribution in [0.4, 0.5) is 13.2 Å². The van der Waals surface area contributed by atoms with Gasteiger partial charge in [-0.2, -0.15) is 13.2 Å². The largest absolute Gasteiger partial charge is 0.490 e. The highest BCUT2D eigenvalue weighted by Gasteiger charge is 2.43. The second-order valence-electron chi connectivity index (χ2n) is 7.58. The van der Waals surface area contributed by atoms with Crippen LogP contribution >= 0.6 is 0 Å². The average Bonchev–Trinajstić information content (AvgIpc) is 3.44. The molecule has 0 unspecified atom stereocenters. The van der Waals surface area contributed by atoms with Crippen molar-refractivity contribution in [1.29, 1.82) is 0 Å². The minimum atomic E-state index is -5.08. The van der Waals surface area contributed by atoms with Crippen molar-refractivity contribution in [2.75, 3.05) is 19.7 Å². The predicted molar refractivity (Wildman–Crippen MR) is 105 cm³/mol. The molecule has 1 amide bonds. The number of piperidine rings is 1. The molecule has 2 aromatic rings. The van der Waals surface area contributed by atoms with Crippen molar-refractivity contribution >= 4 is 11.9 Å². The Hall–Kier alpha value is -2.92. The Morgan fingerprint density at radius 1 is 1.22 bits per heavy atom. The van der Waals surface area contributed by atoms with Crippen molar-refractivity contribution < 1.29 is 37.0 Å². The second-order valence-corrected chi connectivity index (χ2v) is 7.58. The van der Waals surface area contributed by atoms with Crippen LogP contribution in [0.1, 0.15) is 17.9 Å². The monoisotopic (exact) mass is 455 g/mol. The number of carboxylic acids is 1. The number of ether oxygens (including phenoxy) is 1. The summed E-state index contributed by atoms with van der Waals surface area (Å²) in [4.78, 5) is 28.4. The summed E-state index contributed by atoms with van der Waals surface area (Å²) in [6.45, 7) is 3.53. The Labute approximate surface area is 182 Å². The number of fused-ring (bicyclic) bond motifs is 1. The van der Waals surface area contributed by atoms with E-state index in [4.69, 9.17) is 19.1 Å². The van der Waals surface area contributed by atoms with E-state index in [0.29, 0.717) is 12.5 Å². The van der Waals surface area contributed by atoms with Gasteiger partial charge in [-0.1, -0.05) is 6.07 Å². The molecule has 0 aromatic carbocycles. The number of carbonyl (C=O) groups excluding carboxylic acids is 1. The molecular weight excluding hydrogens is 431 g/mol. The number of furan rings is 1. The van der Waals surface area contributed by atoms with Gasteiger partial charge in [-0.25, -0.2) is 4.79 Å². The number of aromatic nitrogens is 1. The first-order valence-electron chi connectivity index (χ1n) is 10.1. The number of nitrogens with zero attached hydrogens (tertiary/aromatic N) is 2. The van der Waals surface area contributed by atoms with Crippen LogP contribution < -0.4 is 5.32 Å². The normalized spacial score (nSPS) is 23.0. The lowest BCUT2D eigenvalue weighted by Gasteiger charge is -2.39. The van der Waals surface area contributed by atoms with Crippen LogP contribution in [0.5, 0.6) is 0 Å². The van der Waals surface area contributed by atoms with E-state index >= 15 is 0 Å². The lowest BCUT2D eigenvalue weighted by molar-refractivity contribution is -0.192. The van der Waals surface area contributed by atoms with Crippen molar-refractivity contribution in [3.05, 3.63) is 54.2 Å². The SMILES string of the molecule is O=C(NCc1ccco1)[C@H]1CN(Cc2ccccn2)C[C@H]2OCC[C@@H]12.O=C(O)C(F)(F)F. The summed E-state index contributed by atoms with van der Waals surface area (Å²) in [5.41, 5.74) is 1.02. The Morgan fingerprint density at radius 2 is 2.00 bits per heavy atom. The smallest absolute Gasteiger partial charge is 0.475 e. The highest BCUT2D eigenvalue weighted by molar-refractivity contribution is 5.79. The third-order valence-electron chi connectivity index (χ3n) is 5.38. The maximum atomic E-state index is 12.8. The highest BCUT2D eigenvalue weighted by atomic mass is 19.4. The minimum Gasteiger partial charge on any atom is -0.475 e. The zero-order valence-corrected chi connectivity index (χ0v) is 17.1. The first-order valence-corrected chi connectivity index (χ1v) is 10.1. The van der Waals surface area contributed by atoms with Gasteiger partial charge in [0.15, 0.2) is 0 Å². The van der Waals surface area contributed by atoms with Gasteiger partial charge in [0.05, 0.1) is 30.5 Å². The number of likely N-dealkylation sites (tertiary alicyclic amines) is 1. The number of carboxylic acid groups (broad SMARTS) is 1. The first-order chi connectivity index (χ1) is 15.2. The molecule has 0 aliphatic carbocycles. The van der Waals surface area contributed by atoms with Crippen molar-refractivity contribution in [1.82, 2.24) is 15.2 Å². The number of halogens is 3. The van der Waals surface area contributed by atoms with E-state index < -0.39 is 12.1 Å². The zero-order chi connectivity index (χ0) is 23.1. The molecule has 174 valence electrons. The molecule has 0 radical (unpaired) electrons. The standard InChI is InChI=1S/C19H23N3O3.C2HF3O2/c23-19(21-10-15-5-3-8-24-15)17-12-22(11-14-4-1-2-7-20-14)13-18-16(17)6-9-25-18;3-2(4,5)1(6)7/h1-5,7-8,16-18H,6,9-13H2,(H,21,23);(H,6,7)/t16-,17-,18+;/m0./s1. The first kappa shape index (κ1) is 23.7. The highest BCUT2D eigenvalue weighted by Crippen LogP contribution is 2.34. The molecular formula is C21H24F3N3O5. The van der Waals surface area contributed by atoms with Gasteiger partial charge in [-0.3, -0.25) is 14.7 Å². The summed E-state index contributed by atoms with van der Waals surface area (Å²) in [5.74, 6) is -1.65. The molecule has 0 saturated carbocycles. The average molecular weight is 455 g/mol. The fourth-order valence-electron chi connectivity index (χ4n) is 3.90. The third-order valence-corrected chi connectivity index (χ3v) is 5.38. The van der Waals surface area contributed by atoms with E-state index in [0.717, 1.165) is 44.1 Å². The molecule has 2 aromatic heterocycles. The number of nitrogens with one attached hydrogen (secondary N) is 1. The molecule has 32 heavy (non-hydrogen) atoms. The van der Waals surface area contributed by atoms with Crippen LogP contribution in [-0.4, -0.2) is 58.8 Å². The van der Waals surface area contributed by atoms with E-state index in [1.165, 1.54) is 0 Å². The van der Waals surface area contributed by atoms with Crippen LogP contribution in [-0.2, 0) is 27.4 Å². The number of rotatable bonds is 5. The molecule has 4 rings (SSSR count). The quantitative estimate of drug-likeness (QED) is 0.714. The van der Waals surface area contributed by atoms with Gasteiger partial charge in [0.2, 0.25) is 5.91 Å². The van der Waals surface area contributed by atoms with Crippen LogP contribution in [0.2, 0.25) is 0 Å². The molecule has 11 heteroatoms. The summed E-state index contributed by atoms with van der Waals surface area (Å²) in [6.07, 6.45) is -0.558. The summed E-state index contributed by atoms with van der Waals surface area (Å²) in [6, 6.07) is 9.64. The summed E-state index contributed by atoms with van der Waals surface area (Å²) in [7, 11) is 0. The third kappa shape index (κ3) is 6.54. The number of aliphatic carboxylic acids is 1. The molecule has 0 spiro atoms. The van der Waals surface area contributed by atoms with Gasteiger partial charge in [-0.05, 0) is 30.7 Å². The van der Waals surface area contributed by atoms with Crippen LogP contribution in [0, 0.1) is 11.8 Å². The Balaban J connectivity index is 0.000000360. The lowest BCUT2D eigenvalue weighted by atomic mass is 9.82. The fourth-order valence-corrected chi connectivity index (χ4v) is 3.90. The molecule has 0 bridgehead atoms. The van der Waals surface area contributed by atoms with E-state index in [-0.39, 0.29) is 17.9 Å². The molecule has 2 fully saturated rings. The van der Waals surface area contributed by atoms with E-state index in [2.05, 4.69) is 15.2 Å². The van der Waals surface area contributed by atoms with Crippen molar-refractivity contribution in [2.45, 2.75) is 31.8 Å². The van der Waals surface area contributed by atoms with Gasteiger partial charge < -0.3 is 19.6 Å². The molecule has 2 saturated heterocycles. The minimum absolute atomic E-state index is 0.0556. The van der Waals surface area contributed by atoms with Gasteiger partial charge in [0, 0.05) is 38.4 Å². The predicted octanol–water partition coefficient (Wildman–Crippen LogP) is 2.46. The molecule has 2 N–H and O–H groups in total. The van der Waals surface area contributed by atoms with Gasteiger partial charge in [0.25, 0.3) is 0 Å². The molecule has 8 nitrogen and oxygen atoms in total. The number of alkyl halides is 3. The number of hydrogen-bond acceptors (Lipinski definition) is 6.